The van der Waals surface area contributed by atoms with Crippen molar-refractivity contribution in [3.05, 3.63) is 59.7 Å². The number of aliphatic imine (C=N–C) groups is 1. The topological polar surface area (TPSA) is 58.1 Å². The molecule has 2 aromatic rings. The average Bonchev–Trinajstić information content (AvgIpc) is 3.22. The van der Waals surface area contributed by atoms with Crippen molar-refractivity contribution in [2.75, 3.05) is 31.6 Å². The number of nitrogens with one attached hydrogen (secondary N) is 2. The van der Waals surface area contributed by atoms with Crippen LogP contribution in [0.5, 0.6) is 5.75 Å². The van der Waals surface area contributed by atoms with E-state index in [1.807, 2.05) is 31.2 Å². The van der Waals surface area contributed by atoms with Gasteiger partial charge in [0, 0.05) is 32.8 Å². The highest BCUT2D eigenvalue weighted by atomic mass is 127. The molecule has 3 rings (SSSR count). The molecule has 32 heavy (non-hydrogen) atoms. The molecule has 1 saturated heterocycles. The van der Waals surface area contributed by atoms with Crippen LogP contribution >= 0.6 is 24.0 Å². The molecule has 176 valence electrons. The molecular weight excluding hydrogens is 529 g/mol. The number of hydrogen-bond acceptors (Lipinski definition) is 4. The molecule has 2 N–H and O–H groups in total. The first-order chi connectivity index (χ1) is 15.1. The summed E-state index contributed by atoms with van der Waals surface area (Å²) >= 11 is 0. The molecule has 0 saturated carbocycles. The van der Waals surface area contributed by atoms with Crippen molar-refractivity contribution in [1.29, 1.82) is 0 Å². The maximum atomic E-state index is 12.7. The van der Waals surface area contributed by atoms with Crippen LogP contribution in [0.1, 0.15) is 24.5 Å². The number of methoxy groups -OCH3 is 1. The van der Waals surface area contributed by atoms with E-state index in [4.69, 9.17) is 9.73 Å². The van der Waals surface area contributed by atoms with Crippen molar-refractivity contribution in [2.45, 2.75) is 39.1 Å². The molecule has 1 aliphatic rings. The van der Waals surface area contributed by atoms with Crippen LogP contribution in [-0.2, 0) is 17.9 Å². The van der Waals surface area contributed by atoms with E-state index in [9.17, 15) is 8.78 Å². The quantitative estimate of drug-likeness (QED) is 0.271. The zero-order valence-electron chi connectivity index (χ0n) is 18.4. The second-order valence-corrected chi connectivity index (χ2v) is 7.37. The summed E-state index contributed by atoms with van der Waals surface area (Å²) in [6.45, 7) is 2.52. The van der Waals surface area contributed by atoms with E-state index in [-0.39, 0.29) is 35.8 Å². The van der Waals surface area contributed by atoms with Gasteiger partial charge >= 0.3 is 6.61 Å². The Balaban J connectivity index is 0.00000363. The van der Waals surface area contributed by atoms with E-state index < -0.39 is 6.61 Å². The minimum absolute atomic E-state index is 0. The molecule has 0 spiro atoms. The van der Waals surface area contributed by atoms with Crippen LogP contribution in [0.4, 0.5) is 14.5 Å². The summed E-state index contributed by atoms with van der Waals surface area (Å²) in [5.74, 6) is 0.947. The second-order valence-electron chi connectivity index (χ2n) is 7.37. The number of halogens is 3. The van der Waals surface area contributed by atoms with Crippen LogP contribution in [0.15, 0.2) is 53.5 Å². The molecule has 2 aromatic carbocycles. The Morgan fingerprint density at radius 1 is 1.16 bits per heavy atom. The van der Waals surface area contributed by atoms with Crippen molar-refractivity contribution in [3.63, 3.8) is 0 Å². The maximum absolute atomic E-state index is 12.7. The third-order valence-corrected chi connectivity index (χ3v) is 5.05. The number of guanidine groups is 1. The summed E-state index contributed by atoms with van der Waals surface area (Å²) in [5, 5.41) is 6.75. The van der Waals surface area contributed by atoms with E-state index in [1.54, 1.807) is 19.2 Å². The van der Waals surface area contributed by atoms with E-state index in [1.165, 1.54) is 0 Å². The first-order valence-electron chi connectivity index (χ1n) is 10.5. The molecule has 6 nitrogen and oxygen atoms in total. The summed E-state index contributed by atoms with van der Waals surface area (Å²) in [6.07, 6.45) is 0.874. The Labute approximate surface area is 205 Å². The number of para-hydroxylation sites is 2. The van der Waals surface area contributed by atoms with Crippen molar-refractivity contribution in [2.24, 2.45) is 4.99 Å². The lowest BCUT2D eigenvalue weighted by atomic mass is 10.1. The van der Waals surface area contributed by atoms with Gasteiger partial charge in [0.1, 0.15) is 5.75 Å². The van der Waals surface area contributed by atoms with E-state index in [0.29, 0.717) is 25.4 Å². The number of anilines is 1. The summed E-state index contributed by atoms with van der Waals surface area (Å²) in [4.78, 5) is 6.76. The van der Waals surface area contributed by atoms with Gasteiger partial charge in [-0.25, -0.2) is 4.99 Å². The number of hydrogen-bond donors (Lipinski definition) is 2. The van der Waals surface area contributed by atoms with E-state index >= 15 is 0 Å². The highest BCUT2D eigenvalue weighted by molar-refractivity contribution is 14.0. The summed E-state index contributed by atoms with van der Waals surface area (Å²) in [6, 6.07) is 15.3. The van der Waals surface area contributed by atoms with Crippen molar-refractivity contribution >= 4 is 35.6 Å². The van der Waals surface area contributed by atoms with Crippen LogP contribution in [0.25, 0.3) is 0 Å². The summed E-state index contributed by atoms with van der Waals surface area (Å²) in [5.41, 5.74) is 2.93. The fourth-order valence-electron chi connectivity index (χ4n) is 3.60. The second kappa shape index (κ2) is 13.4. The molecule has 0 amide bonds. The largest absolute Gasteiger partial charge is 0.433 e. The molecule has 1 aliphatic heterocycles. The van der Waals surface area contributed by atoms with Gasteiger partial charge in [-0.05, 0) is 36.6 Å². The molecule has 0 aromatic heterocycles. The highest BCUT2D eigenvalue weighted by Crippen LogP contribution is 2.31. The molecule has 1 heterocycles. The molecule has 0 radical (unpaired) electrons. The fourth-order valence-corrected chi connectivity index (χ4v) is 3.60. The van der Waals surface area contributed by atoms with Gasteiger partial charge in [-0.2, -0.15) is 8.78 Å². The molecule has 1 fully saturated rings. The van der Waals surface area contributed by atoms with E-state index in [2.05, 4.69) is 32.4 Å². The Kier molecular flexibility index (Phi) is 10.9. The Hall–Kier alpha value is -2.14. The van der Waals surface area contributed by atoms with Gasteiger partial charge in [0.25, 0.3) is 0 Å². The highest BCUT2D eigenvalue weighted by Gasteiger charge is 2.26. The van der Waals surface area contributed by atoms with Gasteiger partial charge in [-0.15, -0.1) is 24.0 Å². The standard InChI is InChI=1S/C23H30F2N4O2.HI/c1-3-26-23(27-14-17-8-10-18(11-9-17)16-30-2)28-19-12-13-29(15-19)20-6-4-5-7-21(20)31-22(24)25;/h4-11,19,22H,3,12-16H2,1-2H3,(H2,26,27,28);1H. The van der Waals surface area contributed by atoms with Gasteiger partial charge in [0.05, 0.1) is 18.8 Å². The maximum Gasteiger partial charge on any atom is 0.387 e. The smallest absolute Gasteiger partial charge is 0.387 e. The van der Waals surface area contributed by atoms with Crippen molar-refractivity contribution in [1.82, 2.24) is 10.6 Å². The first-order valence-corrected chi connectivity index (χ1v) is 10.5. The van der Waals surface area contributed by atoms with Crippen LogP contribution in [0.2, 0.25) is 0 Å². The van der Waals surface area contributed by atoms with Crippen LogP contribution < -0.4 is 20.3 Å². The third-order valence-electron chi connectivity index (χ3n) is 5.05. The number of nitrogens with zero attached hydrogens (tertiary/aromatic N) is 2. The fraction of sp³-hybridized carbons (Fsp3) is 0.435. The predicted octanol–water partition coefficient (Wildman–Crippen LogP) is 4.39. The molecule has 0 bridgehead atoms. The SMILES string of the molecule is CCNC(=NCc1ccc(COC)cc1)NC1CCN(c2ccccc2OC(F)F)C1.I. The average molecular weight is 560 g/mol. The Morgan fingerprint density at radius 2 is 1.88 bits per heavy atom. The van der Waals surface area contributed by atoms with Crippen molar-refractivity contribution in [3.8, 4) is 5.75 Å². The molecular formula is C23H31F2IN4O2. The number of ether oxygens (including phenoxy) is 2. The molecule has 0 aliphatic carbocycles. The Morgan fingerprint density at radius 3 is 2.56 bits per heavy atom. The number of benzene rings is 2. The minimum Gasteiger partial charge on any atom is -0.433 e. The lowest BCUT2D eigenvalue weighted by Crippen LogP contribution is -2.44. The van der Waals surface area contributed by atoms with Gasteiger partial charge in [-0.3, -0.25) is 0 Å². The normalized spacial score (nSPS) is 16.1. The summed E-state index contributed by atoms with van der Waals surface area (Å²) in [7, 11) is 1.68. The van der Waals surface area contributed by atoms with Gasteiger partial charge in [-0.1, -0.05) is 36.4 Å². The lowest BCUT2D eigenvalue weighted by Gasteiger charge is -2.22. The van der Waals surface area contributed by atoms with E-state index in [0.717, 1.165) is 36.6 Å². The van der Waals surface area contributed by atoms with Crippen molar-refractivity contribution < 1.29 is 18.3 Å². The van der Waals surface area contributed by atoms with Gasteiger partial charge in [0.15, 0.2) is 5.96 Å². The number of alkyl halides is 2. The van der Waals surface area contributed by atoms with Crippen LogP contribution in [0, 0.1) is 0 Å². The predicted molar refractivity (Wildman–Crippen MR) is 134 cm³/mol. The monoisotopic (exact) mass is 560 g/mol. The molecule has 9 heteroatoms. The number of rotatable bonds is 9. The van der Waals surface area contributed by atoms with Gasteiger partial charge in [0.2, 0.25) is 0 Å². The molecule has 1 atom stereocenters. The molecule has 1 unspecified atom stereocenters. The minimum atomic E-state index is -2.84. The first kappa shape index (κ1) is 26.1. The van der Waals surface area contributed by atoms with Crippen LogP contribution in [0.3, 0.4) is 0 Å². The third kappa shape index (κ3) is 7.77. The summed E-state index contributed by atoms with van der Waals surface area (Å²) < 4.78 is 35.3. The zero-order chi connectivity index (χ0) is 22.1. The zero-order valence-corrected chi connectivity index (χ0v) is 20.7. The Bertz CT molecular complexity index is 852. The lowest BCUT2D eigenvalue weighted by molar-refractivity contribution is -0.0495. The van der Waals surface area contributed by atoms with Crippen LogP contribution in [-0.4, -0.2) is 45.4 Å². The van der Waals surface area contributed by atoms with Gasteiger partial charge < -0.3 is 25.0 Å².